The molecule has 20 heavy (non-hydrogen) atoms. The van der Waals surface area contributed by atoms with E-state index >= 15 is 0 Å². The summed E-state index contributed by atoms with van der Waals surface area (Å²) in [5.41, 5.74) is 2.35. The SMILES string of the molecule is C[C@@H](O)c1ccc(Br)cc1OCc1ccc(C#N)cc1. The van der Waals surface area contributed by atoms with Gasteiger partial charge in [-0.15, -0.1) is 0 Å². The number of aliphatic hydroxyl groups is 1. The van der Waals surface area contributed by atoms with Gasteiger partial charge in [-0.25, -0.2) is 0 Å². The summed E-state index contributed by atoms with van der Waals surface area (Å²) in [5.74, 6) is 0.652. The molecule has 0 aliphatic heterocycles. The van der Waals surface area contributed by atoms with Crippen LogP contribution < -0.4 is 4.74 Å². The van der Waals surface area contributed by atoms with Gasteiger partial charge in [0.05, 0.1) is 17.7 Å². The quantitative estimate of drug-likeness (QED) is 0.922. The van der Waals surface area contributed by atoms with Crippen LogP contribution in [0, 0.1) is 11.3 Å². The number of rotatable bonds is 4. The second kappa shape index (κ2) is 6.56. The molecule has 4 heteroatoms. The van der Waals surface area contributed by atoms with E-state index in [4.69, 9.17) is 10.00 Å². The van der Waals surface area contributed by atoms with Crippen LogP contribution in [0.2, 0.25) is 0 Å². The predicted molar refractivity (Wildman–Crippen MR) is 80.3 cm³/mol. The normalized spacial score (nSPS) is 11.7. The van der Waals surface area contributed by atoms with Crippen molar-refractivity contribution in [3.63, 3.8) is 0 Å². The Balaban J connectivity index is 2.13. The smallest absolute Gasteiger partial charge is 0.126 e. The van der Waals surface area contributed by atoms with E-state index in [1.54, 1.807) is 19.1 Å². The third-order valence-corrected chi connectivity index (χ3v) is 3.40. The predicted octanol–water partition coefficient (Wildman–Crippen LogP) is 3.95. The lowest BCUT2D eigenvalue weighted by Gasteiger charge is -2.14. The zero-order valence-corrected chi connectivity index (χ0v) is 12.6. The molecule has 0 unspecified atom stereocenters. The molecule has 0 aliphatic rings. The minimum absolute atomic E-state index is 0.391. The molecule has 2 rings (SSSR count). The lowest BCUT2D eigenvalue weighted by atomic mass is 10.1. The Morgan fingerprint density at radius 2 is 1.95 bits per heavy atom. The van der Waals surface area contributed by atoms with Crippen molar-refractivity contribution in [2.75, 3.05) is 0 Å². The molecule has 2 aromatic rings. The molecule has 0 saturated heterocycles. The van der Waals surface area contributed by atoms with E-state index < -0.39 is 6.10 Å². The molecule has 0 bridgehead atoms. The molecule has 0 aliphatic carbocycles. The van der Waals surface area contributed by atoms with E-state index in [1.165, 1.54) is 0 Å². The van der Waals surface area contributed by atoms with Gasteiger partial charge in [0, 0.05) is 10.0 Å². The minimum Gasteiger partial charge on any atom is -0.488 e. The number of halogens is 1. The lowest BCUT2D eigenvalue weighted by molar-refractivity contribution is 0.190. The average molecular weight is 332 g/mol. The Morgan fingerprint density at radius 3 is 2.55 bits per heavy atom. The van der Waals surface area contributed by atoms with Crippen molar-refractivity contribution in [3.05, 3.63) is 63.6 Å². The van der Waals surface area contributed by atoms with E-state index in [0.717, 1.165) is 15.6 Å². The topological polar surface area (TPSA) is 53.2 Å². The maximum atomic E-state index is 9.73. The van der Waals surface area contributed by atoms with E-state index in [-0.39, 0.29) is 0 Å². The van der Waals surface area contributed by atoms with Gasteiger partial charge in [-0.1, -0.05) is 34.1 Å². The summed E-state index contributed by atoms with van der Waals surface area (Å²) >= 11 is 3.39. The zero-order valence-electron chi connectivity index (χ0n) is 11.0. The number of aliphatic hydroxyl groups excluding tert-OH is 1. The van der Waals surface area contributed by atoms with Crippen molar-refractivity contribution >= 4 is 15.9 Å². The molecular formula is C16H14BrNO2. The summed E-state index contributed by atoms with van der Waals surface area (Å²) in [6.45, 7) is 2.10. The highest BCUT2D eigenvalue weighted by atomic mass is 79.9. The second-order valence-electron chi connectivity index (χ2n) is 4.46. The van der Waals surface area contributed by atoms with Gasteiger partial charge in [-0.3, -0.25) is 0 Å². The fourth-order valence-corrected chi connectivity index (χ4v) is 2.16. The van der Waals surface area contributed by atoms with Crippen molar-refractivity contribution in [1.82, 2.24) is 0 Å². The third kappa shape index (κ3) is 3.60. The molecule has 1 atom stereocenters. The van der Waals surface area contributed by atoms with Crippen LogP contribution in [0.3, 0.4) is 0 Å². The maximum Gasteiger partial charge on any atom is 0.126 e. The van der Waals surface area contributed by atoms with Gasteiger partial charge in [-0.05, 0) is 36.8 Å². The lowest BCUT2D eigenvalue weighted by Crippen LogP contribution is -2.01. The average Bonchev–Trinajstić information content (AvgIpc) is 2.45. The number of ether oxygens (including phenoxy) is 1. The molecule has 0 saturated carbocycles. The van der Waals surface area contributed by atoms with Crippen LogP contribution in [0.5, 0.6) is 5.75 Å². The Bertz CT molecular complexity index is 630. The molecule has 0 aromatic heterocycles. The van der Waals surface area contributed by atoms with Crippen LogP contribution in [-0.4, -0.2) is 5.11 Å². The van der Waals surface area contributed by atoms with Crippen molar-refractivity contribution in [1.29, 1.82) is 5.26 Å². The first-order valence-electron chi connectivity index (χ1n) is 6.19. The Labute approximate surface area is 126 Å². The summed E-state index contributed by atoms with van der Waals surface area (Å²) in [4.78, 5) is 0. The summed E-state index contributed by atoms with van der Waals surface area (Å²) in [7, 11) is 0. The van der Waals surface area contributed by atoms with Crippen LogP contribution in [-0.2, 0) is 6.61 Å². The van der Waals surface area contributed by atoms with E-state index in [2.05, 4.69) is 22.0 Å². The van der Waals surface area contributed by atoms with E-state index in [0.29, 0.717) is 17.9 Å². The van der Waals surface area contributed by atoms with E-state index in [9.17, 15) is 5.11 Å². The van der Waals surface area contributed by atoms with Gasteiger partial charge in [0.1, 0.15) is 12.4 Å². The maximum absolute atomic E-state index is 9.73. The van der Waals surface area contributed by atoms with Crippen molar-refractivity contribution in [2.45, 2.75) is 19.6 Å². The first kappa shape index (κ1) is 14.6. The highest BCUT2D eigenvalue weighted by Gasteiger charge is 2.10. The molecule has 0 spiro atoms. The molecule has 0 amide bonds. The highest BCUT2D eigenvalue weighted by molar-refractivity contribution is 9.10. The highest BCUT2D eigenvalue weighted by Crippen LogP contribution is 2.29. The van der Waals surface area contributed by atoms with Crippen LogP contribution in [0.15, 0.2) is 46.9 Å². The summed E-state index contributed by atoms with van der Waals surface area (Å²) in [6.07, 6.45) is -0.584. The Hall–Kier alpha value is -1.83. The van der Waals surface area contributed by atoms with Crippen LogP contribution in [0.25, 0.3) is 0 Å². The Kier molecular flexibility index (Phi) is 4.78. The van der Waals surface area contributed by atoms with Gasteiger partial charge in [0.2, 0.25) is 0 Å². The monoisotopic (exact) mass is 331 g/mol. The van der Waals surface area contributed by atoms with Crippen molar-refractivity contribution in [3.8, 4) is 11.8 Å². The zero-order chi connectivity index (χ0) is 14.5. The fourth-order valence-electron chi connectivity index (χ4n) is 1.81. The van der Waals surface area contributed by atoms with Gasteiger partial charge < -0.3 is 9.84 Å². The number of benzene rings is 2. The molecule has 0 heterocycles. The van der Waals surface area contributed by atoms with Crippen molar-refractivity contribution in [2.24, 2.45) is 0 Å². The van der Waals surface area contributed by atoms with Gasteiger partial charge in [-0.2, -0.15) is 5.26 Å². The summed E-state index contributed by atoms with van der Waals surface area (Å²) in [5, 5.41) is 18.5. The Morgan fingerprint density at radius 1 is 1.25 bits per heavy atom. The van der Waals surface area contributed by atoms with Crippen LogP contribution in [0.4, 0.5) is 0 Å². The van der Waals surface area contributed by atoms with Crippen LogP contribution in [0.1, 0.15) is 29.7 Å². The number of hydrogen-bond acceptors (Lipinski definition) is 3. The number of hydrogen-bond donors (Lipinski definition) is 1. The second-order valence-corrected chi connectivity index (χ2v) is 5.37. The fraction of sp³-hybridized carbons (Fsp3) is 0.188. The summed E-state index contributed by atoms with van der Waals surface area (Å²) in [6, 6.07) is 14.9. The third-order valence-electron chi connectivity index (χ3n) is 2.90. The summed E-state index contributed by atoms with van der Waals surface area (Å²) < 4.78 is 6.67. The standard InChI is InChI=1S/C16H14BrNO2/c1-11(19)15-7-6-14(17)8-16(15)20-10-13-4-2-12(9-18)3-5-13/h2-8,11,19H,10H2,1H3/t11-/m1/s1. The van der Waals surface area contributed by atoms with Gasteiger partial charge in [0.15, 0.2) is 0 Å². The first-order chi connectivity index (χ1) is 9.60. The number of nitriles is 1. The largest absolute Gasteiger partial charge is 0.488 e. The molecule has 2 aromatic carbocycles. The van der Waals surface area contributed by atoms with E-state index in [1.807, 2.05) is 30.3 Å². The van der Waals surface area contributed by atoms with Gasteiger partial charge in [0.25, 0.3) is 0 Å². The molecule has 0 fully saturated rings. The van der Waals surface area contributed by atoms with Crippen LogP contribution >= 0.6 is 15.9 Å². The molecule has 1 N–H and O–H groups in total. The molecule has 0 radical (unpaired) electrons. The molecule has 3 nitrogen and oxygen atoms in total. The molecular weight excluding hydrogens is 318 g/mol. The van der Waals surface area contributed by atoms with Gasteiger partial charge >= 0.3 is 0 Å². The number of nitrogens with zero attached hydrogens (tertiary/aromatic N) is 1. The molecule has 102 valence electrons. The van der Waals surface area contributed by atoms with Crippen molar-refractivity contribution < 1.29 is 9.84 Å². The minimum atomic E-state index is -0.584. The first-order valence-corrected chi connectivity index (χ1v) is 6.99.